The summed E-state index contributed by atoms with van der Waals surface area (Å²) in [6.07, 6.45) is -2.54. The molecule has 4 saturated heterocycles. The summed E-state index contributed by atoms with van der Waals surface area (Å²) in [5.74, 6) is -7.78. The number of amides is 1. The summed E-state index contributed by atoms with van der Waals surface area (Å²) < 4.78 is 19.1. The highest BCUT2D eigenvalue weighted by Crippen LogP contribution is 2.84. The largest absolute Gasteiger partial charge is 0.450 e. The van der Waals surface area contributed by atoms with Gasteiger partial charge in [-0.3, -0.25) is 10.2 Å². The lowest BCUT2D eigenvalue weighted by molar-refractivity contribution is -0.521. The predicted molar refractivity (Wildman–Crippen MR) is 155 cm³/mol. The number of aromatic amines is 1. The summed E-state index contributed by atoms with van der Waals surface area (Å²) in [4.78, 5) is 29.9. The number of hydrogen-bond acceptors (Lipinski definition) is 11. The highest BCUT2D eigenvalue weighted by molar-refractivity contribution is 5.93. The van der Waals surface area contributed by atoms with E-state index in [1.54, 1.807) is 50.2 Å². The number of hydrazine groups is 1. The van der Waals surface area contributed by atoms with Gasteiger partial charge in [-0.1, -0.05) is 45.5 Å². The summed E-state index contributed by atoms with van der Waals surface area (Å²) in [6, 6.07) is 11.2. The average molecular weight is 626 g/mol. The fraction of sp³-hybridized carbons (Fsp3) is 0.562. The van der Waals surface area contributed by atoms with Crippen LogP contribution in [0.3, 0.4) is 0 Å². The maximum Gasteiger partial charge on any atom is 0.355 e. The molecule has 1 aromatic carbocycles. The number of ether oxygens (including phenoxy) is 3. The summed E-state index contributed by atoms with van der Waals surface area (Å²) in [5.41, 5.74) is -7.57. The van der Waals surface area contributed by atoms with Crippen molar-refractivity contribution in [3.63, 3.8) is 0 Å². The Morgan fingerprint density at radius 1 is 1.07 bits per heavy atom. The Bertz CT molecular complexity index is 1600. The number of esters is 1. The molecule has 5 heterocycles. The normalized spacial score (nSPS) is 47.6. The van der Waals surface area contributed by atoms with E-state index in [-0.39, 0.29) is 29.7 Å². The molecule has 1 amide bonds. The number of aromatic nitrogens is 1. The van der Waals surface area contributed by atoms with Crippen LogP contribution in [0.25, 0.3) is 0 Å². The monoisotopic (exact) mass is 625 g/mol. The summed E-state index contributed by atoms with van der Waals surface area (Å²) in [6.45, 7) is 10.0. The molecule has 4 aliphatic heterocycles. The van der Waals surface area contributed by atoms with Crippen LogP contribution in [-0.2, 0) is 14.2 Å². The second kappa shape index (κ2) is 8.81. The van der Waals surface area contributed by atoms with Gasteiger partial charge in [-0.25, -0.2) is 4.79 Å². The molecule has 45 heavy (non-hydrogen) atoms. The number of aliphatic hydroxyl groups excluding tert-OH is 1. The molecular weight excluding hydrogens is 586 g/mol. The van der Waals surface area contributed by atoms with Gasteiger partial charge in [-0.2, -0.15) is 5.43 Å². The van der Waals surface area contributed by atoms with Crippen molar-refractivity contribution in [2.24, 2.45) is 16.7 Å². The maximum atomic E-state index is 13.7. The van der Waals surface area contributed by atoms with Crippen LogP contribution in [0.1, 0.15) is 67.8 Å². The molecule has 1 unspecified atom stereocenters. The fourth-order valence-electron chi connectivity index (χ4n) is 9.56. The molecule has 1 saturated carbocycles. The first-order valence-corrected chi connectivity index (χ1v) is 15.1. The van der Waals surface area contributed by atoms with E-state index in [1.807, 2.05) is 0 Å². The van der Waals surface area contributed by atoms with Crippen molar-refractivity contribution >= 4 is 11.9 Å². The van der Waals surface area contributed by atoms with Gasteiger partial charge in [0.05, 0.1) is 5.41 Å². The number of H-pyrrole nitrogens is 1. The van der Waals surface area contributed by atoms with Crippen LogP contribution in [-0.4, -0.2) is 88.7 Å². The van der Waals surface area contributed by atoms with E-state index in [1.165, 1.54) is 26.1 Å². The summed E-state index contributed by atoms with van der Waals surface area (Å²) in [7, 11) is 0. The van der Waals surface area contributed by atoms with Gasteiger partial charge in [0.1, 0.15) is 28.4 Å². The Morgan fingerprint density at radius 3 is 2.38 bits per heavy atom. The average Bonchev–Trinajstić information content (AvgIpc) is 3.57. The van der Waals surface area contributed by atoms with Gasteiger partial charge in [-0.15, -0.1) is 0 Å². The van der Waals surface area contributed by atoms with E-state index < -0.39 is 81.4 Å². The minimum atomic E-state index is -2.86. The van der Waals surface area contributed by atoms with Crippen molar-refractivity contribution < 1.29 is 49.3 Å². The molecule has 242 valence electrons. The van der Waals surface area contributed by atoms with Gasteiger partial charge in [0.25, 0.3) is 5.91 Å². The van der Waals surface area contributed by atoms with E-state index in [2.05, 4.69) is 22.4 Å². The van der Waals surface area contributed by atoms with Crippen LogP contribution < -0.4 is 10.9 Å². The molecule has 1 aromatic heterocycles. The molecule has 0 radical (unpaired) electrons. The zero-order valence-electron chi connectivity index (χ0n) is 25.5. The molecule has 5 aliphatic rings. The van der Waals surface area contributed by atoms with Crippen molar-refractivity contribution in [3.05, 3.63) is 72.1 Å². The summed E-state index contributed by atoms with van der Waals surface area (Å²) in [5, 5.41) is 63.4. The molecule has 13 nitrogen and oxygen atoms in total. The van der Waals surface area contributed by atoms with Crippen LogP contribution in [0.2, 0.25) is 0 Å². The third-order valence-corrected chi connectivity index (χ3v) is 12.0. The van der Waals surface area contributed by atoms with Crippen LogP contribution in [0.4, 0.5) is 0 Å². The zero-order chi connectivity index (χ0) is 32.6. The number of nitrogens with one attached hydrogen (secondary N) is 3. The number of aliphatic hydroxyl groups is 5. The van der Waals surface area contributed by atoms with Crippen molar-refractivity contribution in [2.75, 3.05) is 0 Å². The molecule has 1 spiro atoms. The fourth-order valence-corrected chi connectivity index (χ4v) is 9.56. The Hall–Kier alpha value is -3.14. The maximum absolute atomic E-state index is 13.7. The Labute approximate surface area is 259 Å². The molecule has 7 rings (SSSR count). The second-order valence-electron chi connectivity index (χ2n) is 14.0. The van der Waals surface area contributed by atoms with Crippen molar-refractivity contribution in [1.29, 1.82) is 0 Å². The first-order valence-electron chi connectivity index (χ1n) is 15.1. The Balaban J connectivity index is 1.52. The number of rotatable bonds is 6. The highest BCUT2D eigenvalue weighted by atomic mass is 16.8. The molecule has 2 aromatic rings. The van der Waals surface area contributed by atoms with Gasteiger partial charge >= 0.3 is 5.97 Å². The van der Waals surface area contributed by atoms with E-state index in [9.17, 15) is 35.1 Å². The van der Waals surface area contributed by atoms with Gasteiger partial charge in [0, 0.05) is 18.2 Å². The molecular formula is C32H39N3O10. The van der Waals surface area contributed by atoms with Gasteiger partial charge in [0.15, 0.2) is 23.2 Å². The van der Waals surface area contributed by atoms with Crippen LogP contribution in [0.15, 0.2) is 60.8 Å². The Kier molecular flexibility index (Phi) is 5.97. The van der Waals surface area contributed by atoms with Crippen molar-refractivity contribution in [1.82, 2.24) is 15.8 Å². The number of benzene rings is 1. The van der Waals surface area contributed by atoms with Crippen LogP contribution >= 0.6 is 0 Å². The number of carbonyl (C=O) groups is 2. The van der Waals surface area contributed by atoms with E-state index in [0.717, 1.165) is 0 Å². The van der Waals surface area contributed by atoms with Gasteiger partial charge in [0.2, 0.25) is 5.79 Å². The minimum absolute atomic E-state index is 0.0303. The first kappa shape index (κ1) is 30.5. The lowest BCUT2D eigenvalue weighted by Gasteiger charge is -2.75. The molecule has 13 heteroatoms. The third-order valence-electron chi connectivity index (χ3n) is 12.0. The quantitative estimate of drug-likeness (QED) is 0.127. The molecule has 5 bridgehead atoms. The number of carbonyl (C=O) groups excluding carboxylic acids is 2. The zero-order valence-corrected chi connectivity index (χ0v) is 25.5. The lowest BCUT2D eigenvalue weighted by atomic mass is 9.43. The Morgan fingerprint density at radius 2 is 1.76 bits per heavy atom. The number of fused-ring (bicyclic) bond motifs is 4. The SMILES string of the molecule is C=C1CC[C@]2(O)[C@]3(C)CC4(O)O[C@@]2([C@@H]1O)[C@]1(O)O[C@@]3(NNC(=O)c2ccccc2)[C@H](OC(=O)c2ccc[nH]2)[C@](O)(C(C)C)[C@]41C. The number of hydrogen-bond donors (Lipinski definition) is 8. The topological polar surface area (TPSA) is 203 Å². The predicted octanol–water partition coefficient (Wildman–Crippen LogP) is 0.606. The van der Waals surface area contributed by atoms with Gasteiger partial charge < -0.3 is 44.7 Å². The molecule has 8 N–H and O–H groups in total. The second-order valence-corrected chi connectivity index (χ2v) is 14.0. The molecule has 10 atom stereocenters. The third kappa shape index (κ3) is 2.94. The van der Waals surface area contributed by atoms with E-state index in [0.29, 0.717) is 0 Å². The first-order chi connectivity index (χ1) is 21.0. The van der Waals surface area contributed by atoms with Crippen LogP contribution in [0, 0.1) is 16.7 Å². The molecule has 1 aliphatic carbocycles. The van der Waals surface area contributed by atoms with E-state index >= 15 is 0 Å². The molecule has 5 fully saturated rings. The van der Waals surface area contributed by atoms with Crippen LogP contribution in [0.5, 0.6) is 0 Å². The highest BCUT2D eigenvalue weighted by Gasteiger charge is 3.04. The lowest BCUT2D eigenvalue weighted by Crippen LogP contribution is -2.97. The minimum Gasteiger partial charge on any atom is -0.450 e. The van der Waals surface area contributed by atoms with E-state index in [4.69, 9.17) is 14.2 Å². The van der Waals surface area contributed by atoms with Crippen molar-refractivity contribution in [2.45, 2.75) is 93.3 Å². The smallest absolute Gasteiger partial charge is 0.355 e. The standard InChI is InChI=1S/C32H39N3O10/c1-17(2)29(41)24(43-23(38)20-12-9-15-33-20)31(35-34-22(37)19-10-7-6-8-11-19)25(4)16-28(40)26(29,5)32(42,45-31)30(44-28)21(36)18(3)13-14-27(25,30)39/h6-12,15,17,21,24,33,35-36,39-42H,3,13-14,16H2,1-2,4-5H3,(H,34,37)/t21-,24-,25+,26+,27+,28?,29-,30-,31+,32-/m1/s1. The van der Waals surface area contributed by atoms with Gasteiger partial charge in [-0.05, 0) is 55.5 Å². The summed E-state index contributed by atoms with van der Waals surface area (Å²) >= 11 is 0. The van der Waals surface area contributed by atoms with Crippen molar-refractivity contribution in [3.8, 4) is 0 Å².